The highest BCUT2D eigenvalue weighted by atomic mass is 28.3. The van der Waals surface area contributed by atoms with Gasteiger partial charge >= 0.3 is 11.9 Å². The molecule has 1 atom stereocenters. The Morgan fingerprint density at radius 3 is 1.65 bits per heavy atom. The molecule has 0 aliphatic rings. The molecule has 0 spiro atoms. The van der Waals surface area contributed by atoms with E-state index < -0.39 is 32.4 Å². The predicted octanol–water partition coefficient (Wildman–Crippen LogP) is 6.33. The van der Waals surface area contributed by atoms with Crippen molar-refractivity contribution in [3.63, 3.8) is 0 Å². The highest BCUT2D eigenvalue weighted by Gasteiger charge is 2.49. The molecule has 0 fully saturated rings. The minimum atomic E-state index is -1.77. The molecular formula is C29H57NO6Si. The first-order chi connectivity index (χ1) is 17.4. The second-order valence-electron chi connectivity index (χ2n) is 11.5. The number of ether oxygens (including phenoxy) is 2. The highest BCUT2D eigenvalue weighted by molar-refractivity contribution is 6.48. The number of esters is 2. The van der Waals surface area contributed by atoms with Crippen molar-refractivity contribution >= 4 is 26.9 Å². The van der Waals surface area contributed by atoms with Crippen molar-refractivity contribution in [3.05, 3.63) is 0 Å². The quantitative estimate of drug-likeness (QED) is 0.0787. The molecule has 0 aromatic carbocycles. The molecule has 0 aromatic rings. The van der Waals surface area contributed by atoms with Crippen LogP contribution in [-0.2, 0) is 28.3 Å². The van der Waals surface area contributed by atoms with Crippen LogP contribution >= 0.6 is 0 Å². The third kappa shape index (κ3) is 15.6. The average molecular weight is 544 g/mol. The summed E-state index contributed by atoms with van der Waals surface area (Å²) in [6.07, 6.45) is 12.5. The van der Waals surface area contributed by atoms with Crippen molar-refractivity contribution in [2.75, 3.05) is 19.8 Å². The van der Waals surface area contributed by atoms with E-state index in [0.717, 1.165) is 25.9 Å². The summed E-state index contributed by atoms with van der Waals surface area (Å²) in [6, 6.07) is 0. The molecule has 0 saturated heterocycles. The van der Waals surface area contributed by atoms with Crippen LogP contribution in [0.2, 0.25) is 13.1 Å². The van der Waals surface area contributed by atoms with Crippen molar-refractivity contribution in [1.82, 2.24) is 5.32 Å². The molecule has 7 nitrogen and oxygen atoms in total. The Hall–Kier alpha value is -1.41. The smallest absolute Gasteiger partial charge is 0.343 e. The number of carbonyl (C=O) groups excluding carboxylic acids is 3. The molecule has 0 radical (unpaired) electrons. The van der Waals surface area contributed by atoms with Gasteiger partial charge in [-0.05, 0) is 70.4 Å². The lowest BCUT2D eigenvalue weighted by atomic mass is 9.75. The largest absolute Gasteiger partial charge is 0.464 e. The molecule has 0 aliphatic carbocycles. The monoisotopic (exact) mass is 543 g/mol. The van der Waals surface area contributed by atoms with Gasteiger partial charge in [0.1, 0.15) is 0 Å². The summed E-state index contributed by atoms with van der Waals surface area (Å²) in [5.41, 5.74) is -1.46. The normalized spacial score (nSPS) is 12.9. The Kier molecular flexibility index (Phi) is 18.9. The fraction of sp³-hybridized carbons (Fsp3) is 0.897. The number of hydrogen-bond donors (Lipinski definition) is 1. The third-order valence-electron chi connectivity index (χ3n) is 6.86. The topological polar surface area (TPSA) is 90.9 Å². The van der Waals surface area contributed by atoms with E-state index in [1.807, 2.05) is 0 Å². The molecule has 37 heavy (non-hydrogen) atoms. The first-order valence-electron chi connectivity index (χ1n) is 14.6. The summed E-state index contributed by atoms with van der Waals surface area (Å²) in [7, 11) is -0.881. The first-order valence-corrected chi connectivity index (χ1v) is 17.4. The lowest BCUT2D eigenvalue weighted by Gasteiger charge is -2.31. The minimum Gasteiger partial charge on any atom is -0.464 e. The predicted molar refractivity (Wildman–Crippen MR) is 153 cm³/mol. The van der Waals surface area contributed by atoms with Crippen molar-refractivity contribution in [1.29, 1.82) is 0 Å². The molecule has 218 valence electrons. The van der Waals surface area contributed by atoms with Gasteiger partial charge in [0.2, 0.25) is 11.4 Å². The highest BCUT2D eigenvalue weighted by Crippen LogP contribution is 2.34. The van der Waals surface area contributed by atoms with Gasteiger partial charge < -0.3 is 19.2 Å². The fourth-order valence-corrected chi connectivity index (χ4v) is 5.39. The zero-order chi connectivity index (χ0) is 28.3. The Bertz CT molecular complexity index is 629. The van der Waals surface area contributed by atoms with E-state index in [4.69, 9.17) is 13.9 Å². The number of rotatable bonds is 21. The summed E-state index contributed by atoms with van der Waals surface area (Å²) in [4.78, 5) is 37.2. The number of amides is 1. The van der Waals surface area contributed by atoms with Gasteiger partial charge in [-0.2, -0.15) is 0 Å². The number of nitrogens with one attached hydrogen (secondary N) is 1. The van der Waals surface area contributed by atoms with E-state index >= 15 is 0 Å². The van der Waals surface area contributed by atoms with Crippen LogP contribution in [0.1, 0.15) is 119 Å². The van der Waals surface area contributed by atoms with Gasteiger partial charge in [-0.1, -0.05) is 65.7 Å². The van der Waals surface area contributed by atoms with Crippen LogP contribution in [-0.4, -0.2) is 52.2 Å². The summed E-state index contributed by atoms with van der Waals surface area (Å²) in [6.45, 7) is 17.3. The van der Waals surface area contributed by atoms with E-state index in [0.29, 0.717) is 17.8 Å². The SMILES string of the molecule is CCOC(=O)C(CCCCCCCC(CCCCCCO[SiH](C)C)C(C)(C)C)(NC(C)=O)C(=O)OCC. The molecule has 8 heteroatoms. The average Bonchev–Trinajstić information content (AvgIpc) is 2.79. The van der Waals surface area contributed by atoms with Crippen molar-refractivity contribution in [2.45, 2.75) is 137 Å². The summed E-state index contributed by atoms with van der Waals surface area (Å²) in [5, 5.41) is 2.54. The zero-order valence-corrected chi connectivity index (χ0v) is 26.4. The van der Waals surface area contributed by atoms with Gasteiger partial charge in [-0.25, -0.2) is 9.59 Å². The van der Waals surface area contributed by atoms with Crippen LogP contribution < -0.4 is 5.32 Å². The van der Waals surface area contributed by atoms with Gasteiger partial charge in [-0.3, -0.25) is 4.79 Å². The summed E-state index contributed by atoms with van der Waals surface area (Å²) >= 11 is 0. The lowest BCUT2D eigenvalue weighted by molar-refractivity contribution is -0.168. The van der Waals surface area contributed by atoms with Gasteiger partial charge in [0.15, 0.2) is 9.04 Å². The van der Waals surface area contributed by atoms with Crippen molar-refractivity contribution in [2.24, 2.45) is 11.3 Å². The van der Waals surface area contributed by atoms with E-state index in [2.05, 4.69) is 39.2 Å². The standard InChI is InChI=1S/C29H57NO6Si/c1-9-34-26(32)29(30-24(3)31,27(33)35-10-2)22-18-14-11-12-16-20-25(28(4,5)6)21-17-13-15-19-23-36-37(7)8/h25,37H,9-23H2,1-8H3,(H,30,31). The molecule has 1 unspecified atom stereocenters. The molecule has 0 saturated carbocycles. The second-order valence-corrected chi connectivity index (χ2v) is 14.0. The van der Waals surface area contributed by atoms with Crippen LogP contribution in [0.15, 0.2) is 0 Å². The first kappa shape index (κ1) is 35.6. The Morgan fingerprint density at radius 1 is 0.757 bits per heavy atom. The maximum atomic E-state index is 12.7. The van der Waals surface area contributed by atoms with E-state index in [1.165, 1.54) is 51.9 Å². The number of unbranched alkanes of at least 4 members (excludes halogenated alkanes) is 7. The fourth-order valence-electron chi connectivity index (χ4n) is 4.75. The molecule has 0 aromatic heterocycles. The Balaban J connectivity index is 4.57. The van der Waals surface area contributed by atoms with Crippen molar-refractivity contribution < 1.29 is 28.3 Å². The molecule has 1 N–H and O–H groups in total. The van der Waals surface area contributed by atoms with Gasteiger partial charge in [0, 0.05) is 13.5 Å². The Morgan fingerprint density at radius 2 is 1.22 bits per heavy atom. The number of carbonyl (C=O) groups is 3. The van der Waals surface area contributed by atoms with Gasteiger partial charge in [0.05, 0.1) is 13.2 Å². The lowest BCUT2D eigenvalue weighted by Crippen LogP contribution is -2.61. The maximum Gasteiger partial charge on any atom is 0.343 e. The molecule has 0 bridgehead atoms. The van der Waals surface area contributed by atoms with E-state index in [-0.39, 0.29) is 19.6 Å². The molecule has 0 aliphatic heterocycles. The van der Waals surface area contributed by atoms with Crippen LogP contribution in [0.25, 0.3) is 0 Å². The van der Waals surface area contributed by atoms with Gasteiger partial charge in [0.25, 0.3) is 0 Å². The Labute approximate surface area is 228 Å². The van der Waals surface area contributed by atoms with E-state index in [1.54, 1.807) is 13.8 Å². The van der Waals surface area contributed by atoms with Crippen LogP contribution in [0.4, 0.5) is 0 Å². The van der Waals surface area contributed by atoms with Crippen LogP contribution in [0, 0.1) is 11.3 Å². The maximum absolute atomic E-state index is 12.7. The van der Waals surface area contributed by atoms with Gasteiger partial charge in [-0.15, -0.1) is 0 Å². The summed E-state index contributed by atoms with van der Waals surface area (Å²) in [5.74, 6) is -1.23. The zero-order valence-electron chi connectivity index (χ0n) is 25.2. The third-order valence-corrected chi connectivity index (χ3v) is 7.77. The van der Waals surface area contributed by atoms with Crippen LogP contribution in [0.3, 0.4) is 0 Å². The summed E-state index contributed by atoms with van der Waals surface area (Å²) < 4.78 is 16.1. The molecule has 0 rings (SSSR count). The number of hydrogen-bond acceptors (Lipinski definition) is 6. The minimum absolute atomic E-state index is 0.127. The van der Waals surface area contributed by atoms with Crippen LogP contribution in [0.5, 0.6) is 0 Å². The molecule has 0 heterocycles. The van der Waals surface area contributed by atoms with Crippen molar-refractivity contribution in [3.8, 4) is 0 Å². The molecular weight excluding hydrogens is 486 g/mol. The second kappa shape index (κ2) is 19.6. The van der Waals surface area contributed by atoms with E-state index in [9.17, 15) is 14.4 Å². The molecule has 1 amide bonds.